The molecule has 1 saturated carbocycles. The van der Waals surface area contributed by atoms with Crippen LogP contribution in [0.5, 0.6) is 0 Å². The molecule has 0 spiro atoms. The van der Waals surface area contributed by atoms with Crippen LogP contribution >= 0.6 is 11.8 Å². The van der Waals surface area contributed by atoms with E-state index < -0.39 is 18.1 Å². The molecule has 2 fully saturated rings. The van der Waals surface area contributed by atoms with E-state index >= 15 is 0 Å². The molecule has 178 valence electrons. The van der Waals surface area contributed by atoms with E-state index in [0.717, 1.165) is 30.4 Å². The Morgan fingerprint density at radius 1 is 1.03 bits per heavy atom. The minimum Gasteiger partial charge on any atom is -0.480 e. The van der Waals surface area contributed by atoms with Gasteiger partial charge < -0.3 is 20.1 Å². The Labute approximate surface area is 202 Å². The lowest BCUT2D eigenvalue weighted by molar-refractivity contribution is -0.150. The summed E-state index contributed by atoms with van der Waals surface area (Å²) in [4.78, 5) is 38.6. The second kappa shape index (κ2) is 9.70. The smallest absolute Gasteiger partial charge is 0.407 e. The highest BCUT2D eigenvalue weighted by molar-refractivity contribution is 7.99. The van der Waals surface area contributed by atoms with E-state index in [9.17, 15) is 19.5 Å². The quantitative estimate of drug-likeness (QED) is 0.670. The van der Waals surface area contributed by atoms with Crippen molar-refractivity contribution in [2.75, 3.05) is 18.2 Å². The van der Waals surface area contributed by atoms with Gasteiger partial charge in [0.1, 0.15) is 12.6 Å². The van der Waals surface area contributed by atoms with Gasteiger partial charge in [0.05, 0.1) is 5.88 Å². The van der Waals surface area contributed by atoms with Gasteiger partial charge in [-0.25, -0.2) is 9.59 Å². The SMILES string of the molecule is O=C(NC1CCCC(C(=O)N2CSC[C@H]2C(=O)O)C1)OCC1c2ccccc2-c2ccccc21. The van der Waals surface area contributed by atoms with E-state index in [1.165, 1.54) is 27.8 Å². The molecule has 34 heavy (non-hydrogen) atoms. The normalized spacial score (nSPS) is 23.8. The van der Waals surface area contributed by atoms with Crippen LogP contribution in [0, 0.1) is 5.92 Å². The van der Waals surface area contributed by atoms with E-state index in [4.69, 9.17) is 4.74 Å². The van der Waals surface area contributed by atoms with Crippen LogP contribution in [0.25, 0.3) is 11.1 Å². The van der Waals surface area contributed by atoms with E-state index in [1.54, 1.807) is 0 Å². The number of benzene rings is 2. The van der Waals surface area contributed by atoms with Gasteiger partial charge in [0.15, 0.2) is 0 Å². The number of aliphatic carboxylic acids is 1. The number of fused-ring (bicyclic) bond motifs is 3. The molecule has 1 saturated heterocycles. The van der Waals surface area contributed by atoms with Gasteiger partial charge in [-0.3, -0.25) is 4.79 Å². The number of hydrogen-bond donors (Lipinski definition) is 2. The van der Waals surface area contributed by atoms with Crippen LogP contribution in [0.3, 0.4) is 0 Å². The predicted molar refractivity (Wildman–Crippen MR) is 130 cm³/mol. The summed E-state index contributed by atoms with van der Waals surface area (Å²) in [5.41, 5.74) is 4.69. The fourth-order valence-electron chi connectivity index (χ4n) is 5.45. The maximum absolute atomic E-state index is 13.0. The number of nitrogens with one attached hydrogen (secondary N) is 1. The molecule has 1 aliphatic heterocycles. The van der Waals surface area contributed by atoms with Crippen molar-refractivity contribution in [3.8, 4) is 11.1 Å². The van der Waals surface area contributed by atoms with Gasteiger partial charge in [0, 0.05) is 23.6 Å². The third-order valence-corrected chi connectivity index (χ3v) is 8.15. The van der Waals surface area contributed by atoms with Crippen LogP contribution in [0.4, 0.5) is 4.79 Å². The molecule has 8 heteroatoms. The number of rotatable bonds is 5. The van der Waals surface area contributed by atoms with Crippen molar-refractivity contribution in [3.05, 3.63) is 59.7 Å². The summed E-state index contributed by atoms with van der Waals surface area (Å²) in [5.74, 6) is -0.502. The molecule has 2 aromatic rings. The molecule has 2 aliphatic carbocycles. The van der Waals surface area contributed by atoms with Crippen LogP contribution in [-0.4, -0.2) is 58.3 Å². The Morgan fingerprint density at radius 3 is 2.38 bits per heavy atom. The topological polar surface area (TPSA) is 95.9 Å². The third kappa shape index (κ3) is 4.39. The zero-order valence-corrected chi connectivity index (χ0v) is 19.6. The first-order chi connectivity index (χ1) is 16.5. The number of carbonyl (C=O) groups excluding carboxylic acids is 2. The number of alkyl carbamates (subject to hydrolysis) is 1. The first kappa shape index (κ1) is 22.8. The molecule has 0 bridgehead atoms. The van der Waals surface area contributed by atoms with Crippen LogP contribution in [-0.2, 0) is 14.3 Å². The number of carboxylic acids is 1. The molecule has 5 rings (SSSR count). The summed E-state index contributed by atoms with van der Waals surface area (Å²) in [6.45, 7) is 0.250. The molecule has 2 aromatic carbocycles. The Bertz CT molecular complexity index is 1060. The largest absolute Gasteiger partial charge is 0.480 e. The number of amides is 2. The minimum atomic E-state index is -0.956. The Kier molecular flexibility index (Phi) is 6.50. The monoisotopic (exact) mass is 480 g/mol. The summed E-state index contributed by atoms with van der Waals surface area (Å²) in [7, 11) is 0. The molecule has 3 aliphatic rings. The fourth-order valence-corrected chi connectivity index (χ4v) is 6.61. The van der Waals surface area contributed by atoms with Gasteiger partial charge in [0.2, 0.25) is 5.91 Å². The van der Waals surface area contributed by atoms with Gasteiger partial charge in [0.25, 0.3) is 0 Å². The van der Waals surface area contributed by atoms with Crippen molar-refractivity contribution in [1.29, 1.82) is 0 Å². The molecule has 1 heterocycles. The Morgan fingerprint density at radius 2 is 1.71 bits per heavy atom. The van der Waals surface area contributed by atoms with Gasteiger partial charge in [-0.05, 0) is 41.5 Å². The average Bonchev–Trinajstić information content (AvgIpc) is 3.46. The maximum atomic E-state index is 13.0. The van der Waals surface area contributed by atoms with Crippen molar-refractivity contribution in [2.45, 2.75) is 43.7 Å². The molecule has 2 amide bonds. The molecule has 7 nitrogen and oxygen atoms in total. The van der Waals surface area contributed by atoms with Crippen molar-refractivity contribution >= 4 is 29.7 Å². The predicted octanol–water partition coefficient (Wildman–Crippen LogP) is 4.07. The van der Waals surface area contributed by atoms with Gasteiger partial charge in [-0.15, -0.1) is 11.8 Å². The highest BCUT2D eigenvalue weighted by Crippen LogP contribution is 2.44. The maximum Gasteiger partial charge on any atom is 0.407 e. The lowest BCUT2D eigenvalue weighted by atomic mass is 9.84. The molecular weight excluding hydrogens is 452 g/mol. The molecular formula is C26H28N2O5S. The number of hydrogen-bond acceptors (Lipinski definition) is 5. The van der Waals surface area contributed by atoms with Crippen LogP contribution in [0.1, 0.15) is 42.7 Å². The second-order valence-corrected chi connectivity index (χ2v) is 10.2. The Hall–Kier alpha value is -3.00. The molecule has 2 N–H and O–H groups in total. The number of carboxylic acid groups (broad SMARTS) is 1. The lowest BCUT2D eigenvalue weighted by Gasteiger charge is -2.32. The van der Waals surface area contributed by atoms with Crippen molar-refractivity contribution in [2.24, 2.45) is 5.92 Å². The standard InChI is InChI=1S/C26H28N2O5S/c29-24(28-15-34-14-23(28)25(30)31)16-6-5-7-17(12-16)27-26(32)33-13-22-20-10-3-1-8-18(20)19-9-2-4-11-21(19)22/h1-4,8-11,16-17,22-23H,5-7,12-15H2,(H,27,32)(H,30,31)/t16?,17?,23-/m0/s1. The van der Waals surface area contributed by atoms with Gasteiger partial charge in [-0.2, -0.15) is 0 Å². The van der Waals surface area contributed by atoms with E-state index in [2.05, 4.69) is 29.6 Å². The number of ether oxygens (including phenoxy) is 1. The average molecular weight is 481 g/mol. The first-order valence-electron chi connectivity index (χ1n) is 11.8. The van der Waals surface area contributed by atoms with E-state index in [0.29, 0.717) is 18.1 Å². The van der Waals surface area contributed by atoms with Gasteiger partial charge in [-0.1, -0.05) is 55.0 Å². The van der Waals surface area contributed by atoms with Crippen molar-refractivity contribution in [1.82, 2.24) is 10.2 Å². The van der Waals surface area contributed by atoms with Crippen LogP contribution < -0.4 is 5.32 Å². The number of thioether (sulfide) groups is 1. The van der Waals surface area contributed by atoms with E-state index in [-0.39, 0.29) is 30.4 Å². The number of carbonyl (C=O) groups is 3. The van der Waals surface area contributed by atoms with Crippen molar-refractivity contribution in [3.63, 3.8) is 0 Å². The van der Waals surface area contributed by atoms with E-state index in [1.807, 2.05) is 24.3 Å². The lowest BCUT2D eigenvalue weighted by Crippen LogP contribution is -2.47. The van der Waals surface area contributed by atoms with Crippen LogP contribution in [0.15, 0.2) is 48.5 Å². The fraction of sp³-hybridized carbons (Fsp3) is 0.423. The summed E-state index contributed by atoms with van der Waals surface area (Å²) < 4.78 is 5.66. The summed E-state index contributed by atoms with van der Waals surface area (Å²) in [6, 6.07) is 15.5. The summed E-state index contributed by atoms with van der Waals surface area (Å²) in [6.07, 6.45) is 2.35. The highest BCUT2D eigenvalue weighted by Gasteiger charge is 2.39. The molecule has 3 atom stereocenters. The van der Waals surface area contributed by atoms with Gasteiger partial charge >= 0.3 is 12.1 Å². The molecule has 0 aromatic heterocycles. The first-order valence-corrected chi connectivity index (χ1v) is 12.9. The van der Waals surface area contributed by atoms with Crippen molar-refractivity contribution < 1.29 is 24.2 Å². The molecule has 0 radical (unpaired) electrons. The highest BCUT2D eigenvalue weighted by atomic mass is 32.2. The summed E-state index contributed by atoms with van der Waals surface area (Å²) in [5, 5.41) is 12.3. The number of nitrogens with zero attached hydrogens (tertiary/aromatic N) is 1. The second-order valence-electron chi connectivity index (χ2n) is 9.19. The zero-order chi connectivity index (χ0) is 23.7. The zero-order valence-electron chi connectivity index (χ0n) is 18.8. The Balaban J connectivity index is 1.18. The molecule has 2 unspecified atom stereocenters. The third-order valence-electron chi connectivity index (χ3n) is 7.14. The minimum absolute atomic E-state index is 0.000509. The van der Waals surface area contributed by atoms with Crippen LogP contribution in [0.2, 0.25) is 0 Å². The summed E-state index contributed by atoms with van der Waals surface area (Å²) >= 11 is 1.47.